The summed E-state index contributed by atoms with van der Waals surface area (Å²) in [6.45, 7) is 2.32. The van der Waals surface area contributed by atoms with Crippen molar-refractivity contribution in [3.8, 4) is 5.75 Å². The van der Waals surface area contributed by atoms with E-state index in [0.717, 1.165) is 22.6 Å². The van der Waals surface area contributed by atoms with Crippen molar-refractivity contribution in [3.05, 3.63) is 59.7 Å². The first-order chi connectivity index (χ1) is 13.1. The molecule has 1 aliphatic rings. The molecule has 1 fully saturated rings. The van der Waals surface area contributed by atoms with Gasteiger partial charge in [0.15, 0.2) is 5.17 Å². The van der Waals surface area contributed by atoms with Crippen LogP contribution in [0, 0.1) is 6.92 Å². The lowest BCUT2D eigenvalue weighted by molar-refractivity contribution is -0.122. The molecule has 2 aromatic rings. The number of nitrogens with one attached hydrogen (secondary N) is 2. The van der Waals surface area contributed by atoms with Crippen molar-refractivity contribution >= 4 is 34.4 Å². The van der Waals surface area contributed by atoms with Gasteiger partial charge in [0.1, 0.15) is 11.0 Å². The number of aliphatic imine (C=N–C) groups is 1. The number of carbonyl (C=O) groups is 2. The topological polar surface area (TPSA) is 79.8 Å². The summed E-state index contributed by atoms with van der Waals surface area (Å²) in [5.74, 6) is 0.368. The Balaban J connectivity index is 1.58. The van der Waals surface area contributed by atoms with Gasteiger partial charge in [-0.05, 0) is 24.6 Å². The van der Waals surface area contributed by atoms with Gasteiger partial charge >= 0.3 is 0 Å². The van der Waals surface area contributed by atoms with Gasteiger partial charge in [-0.1, -0.05) is 48.2 Å². The van der Waals surface area contributed by atoms with Crippen LogP contribution in [0.3, 0.4) is 0 Å². The molecule has 0 radical (unpaired) electrons. The zero-order valence-corrected chi connectivity index (χ0v) is 16.0. The number of ether oxygens (including phenoxy) is 1. The van der Waals surface area contributed by atoms with E-state index < -0.39 is 5.25 Å². The van der Waals surface area contributed by atoms with Gasteiger partial charge in [-0.15, -0.1) is 0 Å². The molecule has 1 saturated heterocycles. The summed E-state index contributed by atoms with van der Waals surface area (Å²) in [6.07, 6.45) is 0.0957. The molecule has 0 aromatic heterocycles. The Morgan fingerprint density at radius 1 is 1.22 bits per heavy atom. The van der Waals surface area contributed by atoms with Crippen molar-refractivity contribution in [1.29, 1.82) is 0 Å². The van der Waals surface area contributed by atoms with Crippen molar-refractivity contribution in [1.82, 2.24) is 5.32 Å². The van der Waals surface area contributed by atoms with E-state index in [0.29, 0.717) is 11.7 Å². The Morgan fingerprint density at radius 3 is 2.74 bits per heavy atom. The molecule has 0 unspecified atom stereocenters. The van der Waals surface area contributed by atoms with E-state index >= 15 is 0 Å². The fourth-order valence-corrected chi connectivity index (χ4v) is 3.66. The number of para-hydroxylation sites is 2. The van der Waals surface area contributed by atoms with Crippen molar-refractivity contribution in [3.63, 3.8) is 0 Å². The van der Waals surface area contributed by atoms with Gasteiger partial charge in [0.25, 0.3) is 0 Å². The van der Waals surface area contributed by atoms with Crippen LogP contribution < -0.4 is 15.4 Å². The van der Waals surface area contributed by atoms with E-state index in [1.165, 1.54) is 11.8 Å². The number of benzene rings is 2. The third-order valence-electron chi connectivity index (χ3n) is 4.15. The molecular weight excluding hydrogens is 362 g/mol. The minimum atomic E-state index is -0.481. The van der Waals surface area contributed by atoms with Gasteiger partial charge in [-0.25, -0.2) is 0 Å². The highest BCUT2D eigenvalue weighted by atomic mass is 32.2. The molecule has 1 aliphatic heterocycles. The maximum Gasteiger partial charge on any atom is 0.240 e. The van der Waals surface area contributed by atoms with Crippen LogP contribution in [-0.4, -0.2) is 29.3 Å². The highest BCUT2D eigenvalue weighted by Crippen LogP contribution is 2.25. The molecule has 27 heavy (non-hydrogen) atoms. The number of aryl methyl sites for hydroxylation is 1. The maximum atomic E-state index is 12.3. The van der Waals surface area contributed by atoms with E-state index in [1.807, 2.05) is 55.5 Å². The second kappa shape index (κ2) is 8.73. The zero-order valence-electron chi connectivity index (χ0n) is 15.2. The SMILES string of the molecule is COc1ccccc1CN=C1NC(=O)[C@@H](CC(=O)Nc2ccccc2C)S1. The monoisotopic (exact) mass is 383 g/mol. The smallest absolute Gasteiger partial charge is 0.240 e. The Bertz CT molecular complexity index is 882. The van der Waals surface area contributed by atoms with E-state index in [-0.39, 0.29) is 18.2 Å². The lowest BCUT2D eigenvalue weighted by Crippen LogP contribution is -2.28. The summed E-state index contributed by atoms with van der Waals surface area (Å²) < 4.78 is 5.31. The number of hydrogen-bond acceptors (Lipinski definition) is 5. The largest absolute Gasteiger partial charge is 0.496 e. The average Bonchev–Trinajstić information content (AvgIpc) is 3.01. The molecule has 0 saturated carbocycles. The summed E-state index contributed by atoms with van der Waals surface area (Å²) >= 11 is 1.28. The minimum Gasteiger partial charge on any atom is -0.496 e. The summed E-state index contributed by atoms with van der Waals surface area (Å²) in [4.78, 5) is 28.9. The molecule has 7 heteroatoms. The minimum absolute atomic E-state index is 0.0957. The number of anilines is 1. The lowest BCUT2D eigenvalue weighted by atomic mass is 10.2. The maximum absolute atomic E-state index is 12.3. The van der Waals surface area contributed by atoms with Crippen LogP contribution in [0.1, 0.15) is 17.5 Å². The highest BCUT2D eigenvalue weighted by molar-refractivity contribution is 8.15. The standard InChI is InChI=1S/C20H21N3O3S/c1-13-7-3-5-9-15(13)22-18(24)11-17-19(25)23-20(27-17)21-12-14-8-4-6-10-16(14)26-2/h3-10,17H,11-12H2,1-2H3,(H,22,24)(H,21,23,25)/t17-/m1/s1. The van der Waals surface area contributed by atoms with E-state index in [2.05, 4.69) is 15.6 Å². The Labute approximate surface area is 162 Å². The van der Waals surface area contributed by atoms with Crippen LogP contribution in [-0.2, 0) is 16.1 Å². The summed E-state index contributed by atoms with van der Waals surface area (Å²) in [7, 11) is 1.61. The number of hydrogen-bond donors (Lipinski definition) is 2. The van der Waals surface area contributed by atoms with E-state index in [9.17, 15) is 9.59 Å². The first-order valence-electron chi connectivity index (χ1n) is 8.56. The fourth-order valence-electron chi connectivity index (χ4n) is 2.69. The van der Waals surface area contributed by atoms with Crippen molar-refractivity contribution in [2.75, 3.05) is 12.4 Å². The Hall–Kier alpha value is -2.80. The molecule has 0 aliphatic carbocycles. The number of carbonyl (C=O) groups excluding carboxylic acids is 2. The van der Waals surface area contributed by atoms with Crippen molar-refractivity contribution in [2.45, 2.75) is 25.1 Å². The average molecular weight is 383 g/mol. The van der Waals surface area contributed by atoms with Crippen LogP contribution in [0.25, 0.3) is 0 Å². The Morgan fingerprint density at radius 2 is 1.96 bits per heavy atom. The van der Waals surface area contributed by atoms with Gasteiger partial charge in [-0.3, -0.25) is 14.6 Å². The van der Waals surface area contributed by atoms with E-state index in [1.54, 1.807) is 7.11 Å². The van der Waals surface area contributed by atoms with Gasteiger partial charge in [0.2, 0.25) is 11.8 Å². The normalized spacial score (nSPS) is 17.6. The first kappa shape index (κ1) is 19.0. The van der Waals surface area contributed by atoms with Gasteiger partial charge in [-0.2, -0.15) is 0 Å². The number of thioether (sulfide) groups is 1. The summed E-state index contributed by atoms with van der Waals surface area (Å²) in [6, 6.07) is 15.1. The molecule has 0 bridgehead atoms. The number of nitrogens with zero attached hydrogens (tertiary/aromatic N) is 1. The molecule has 140 valence electrons. The molecule has 0 spiro atoms. The Kier molecular flexibility index (Phi) is 6.13. The number of amides is 2. The molecule has 2 amide bonds. The summed E-state index contributed by atoms with van der Waals surface area (Å²) in [5, 5.41) is 5.65. The third kappa shape index (κ3) is 4.89. The molecular formula is C20H21N3O3S. The molecule has 3 rings (SSSR count). The third-order valence-corrected chi connectivity index (χ3v) is 5.27. The highest BCUT2D eigenvalue weighted by Gasteiger charge is 2.32. The van der Waals surface area contributed by atoms with Gasteiger partial charge in [0, 0.05) is 17.7 Å². The van der Waals surface area contributed by atoms with Gasteiger partial charge < -0.3 is 15.4 Å². The van der Waals surface area contributed by atoms with Crippen molar-refractivity contribution in [2.24, 2.45) is 4.99 Å². The second-order valence-electron chi connectivity index (χ2n) is 6.10. The van der Waals surface area contributed by atoms with Gasteiger partial charge in [0.05, 0.1) is 13.7 Å². The van der Waals surface area contributed by atoms with Crippen LogP contribution in [0.15, 0.2) is 53.5 Å². The number of methoxy groups -OCH3 is 1. The van der Waals surface area contributed by atoms with Crippen molar-refractivity contribution < 1.29 is 14.3 Å². The summed E-state index contributed by atoms with van der Waals surface area (Å²) in [5.41, 5.74) is 2.67. The van der Waals surface area contributed by atoms with Crippen LogP contribution in [0.5, 0.6) is 5.75 Å². The van der Waals surface area contributed by atoms with Crippen LogP contribution in [0.2, 0.25) is 0 Å². The molecule has 6 nitrogen and oxygen atoms in total. The molecule has 1 atom stereocenters. The quantitative estimate of drug-likeness (QED) is 0.803. The predicted octanol–water partition coefficient (Wildman–Crippen LogP) is 3.12. The second-order valence-corrected chi connectivity index (χ2v) is 7.29. The number of rotatable bonds is 6. The van der Waals surface area contributed by atoms with Crippen LogP contribution in [0.4, 0.5) is 5.69 Å². The molecule has 2 N–H and O–H groups in total. The molecule has 2 aromatic carbocycles. The predicted molar refractivity (Wildman–Crippen MR) is 108 cm³/mol. The first-order valence-corrected chi connectivity index (χ1v) is 9.44. The van der Waals surface area contributed by atoms with Crippen LogP contribution >= 0.6 is 11.8 Å². The van der Waals surface area contributed by atoms with E-state index in [4.69, 9.17) is 4.74 Å². The number of amidine groups is 1. The zero-order chi connectivity index (χ0) is 19.2. The molecule has 1 heterocycles. The fraction of sp³-hybridized carbons (Fsp3) is 0.250. The lowest BCUT2D eigenvalue weighted by Gasteiger charge is -2.09.